The van der Waals surface area contributed by atoms with E-state index >= 15 is 0 Å². The van der Waals surface area contributed by atoms with Crippen molar-refractivity contribution < 1.29 is 25.2 Å². The minimum absolute atomic E-state index is 0. The molecule has 184 valence electrons. The van der Waals surface area contributed by atoms with Crippen LogP contribution in [0.5, 0.6) is 17.2 Å². The molecule has 1 saturated heterocycles. The van der Waals surface area contributed by atoms with Crippen LogP contribution in [0, 0.1) is 0 Å². The summed E-state index contributed by atoms with van der Waals surface area (Å²) in [6, 6.07) is 12.3. The van der Waals surface area contributed by atoms with Crippen molar-refractivity contribution in [2.24, 2.45) is 0 Å². The number of nitrogens with zero attached hydrogens (tertiary/aromatic N) is 1. The molecule has 0 spiro atoms. The van der Waals surface area contributed by atoms with Gasteiger partial charge in [0.05, 0.1) is 25.9 Å². The first-order valence-corrected chi connectivity index (χ1v) is 12.5. The Morgan fingerprint density at radius 1 is 1.09 bits per heavy atom. The van der Waals surface area contributed by atoms with Gasteiger partial charge in [0.15, 0.2) is 0 Å². The monoisotopic (exact) mass is 468 g/mol. The van der Waals surface area contributed by atoms with E-state index in [1.54, 1.807) is 0 Å². The second kappa shape index (κ2) is 10.7. The summed E-state index contributed by atoms with van der Waals surface area (Å²) in [6.07, 6.45) is 4.29. The molecule has 2 aromatic carbocycles. The molecule has 2 aromatic rings. The highest BCUT2D eigenvalue weighted by Crippen LogP contribution is 2.40. The highest BCUT2D eigenvalue weighted by Gasteiger charge is 2.38. The molecule has 3 aliphatic rings. The predicted octanol–water partition coefficient (Wildman–Crippen LogP) is 4.60. The first kappa shape index (κ1) is 23.0. The van der Waals surface area contributed by atoms with Gasteiger partial charge in [-0.2, -0.15) is 0 Å². The van der Waals surface area contributed by atoms with Crippen LogP contribution in [0.1, 0.15) is 51.3 Å². The molecule has 1 N–H and O–H groups in total. The summed E-state index contributed by atoms with van der Waals surface area (Å²) in [5.74, 6) is 2.61. The number of rotatable bonds is 9. The first-order chi connectivity index (χ1) is 16.7. The van der Waals surface area contributed by atoms with Crippen molar-refractivity contribution >= 4 is 11.6 Å². The smallest absolute Gasteiger partial charge is 0.224 e. The summed E-state index contributed by atoms with van der Waals surface area (Å²) in [5.41, 5.74) is 3.13. The summed E-state index contributed by atoms with van der Waals surface area (Å²) < 4.78 is 24.1. The zero-order valence-corrected chi connectivity index (χ0v) is 19.9. The molecule has 3 aliphatic heterocycles. The predicted molar refractivity (Wildman–Crippen MR) is 132 cm³/mol. The summed E-state index contributed by atoms with van der Waals surface area (Å²) in [4.78, 5) is 14.1. The normalized spacial score (nSPS) is 21.5. The van der Waals surface area contributed by atoms with E-state index < -0.39 is 0 Å². The van der Waals surface area contributed by atoms with Gasteiger partial charge in [0.25, 0.3) is 0 Å². The maximum atomic E-state index is 11.6. The number of amides is 1. The molecular formula is C27H36N2O5. The van der Waals surface area contributed by atoms with Crippen molar-refractivity contribution in [1.82, 2.24) is 4.90 Å². The molecular weight excluding hydrogens is 432 g/mol. The van der Waals surface area contributed by atoms with Crippen LogP contribution in [-0.4, -0.2) is 56.4 Å². The fourth-order valence-corrected chi connectivity index (χ4v) is 4.99. The minimum atomic E-state index is 0. The number of nitrogens with one attached hydrogen (secondary N) is 1. The lowest BCUT2D eigenvalue weighted by Crippen LogP contribution is -2.52. The van der Waals surface area contributed by atoms with Gasteiger partial charge >= 0.3 is 0 Å². The molecule has 7 heteroatoms. The fourth-order valence-electron chi connectivity index (χ4n) is 4.99. The third-order valence-electron chi connectivity index (χ3n) is 6.76. The number of fused-ring (bicyclic) bond motifs is 4. The van der Waals surface area contributed by atoms with Crippen LogP contribution in [0.3, 0.4) is 0 Å². The molecule has 0 radical (unpaired) electrons. The standard InChI is InChI=1S/C27H34N2O5.H2/c1-2-11-29-12-15-33-27-22-16-20(8-9-25(22)34-18-24(27)29)31-13-3-4-14-32-21-7-5-19-6-10-26(30)28-23(19)17-21;/h5,7-9,16-17,24,27H,2-4,6,10-15,18H2,1H3,(H,28,30);1H/t24-,27-;/m1./s1. The fraction of sp³-hybridized carbons (Fsp3) is 0.519. The lowest BCUT2D eigenvalue weighted by molar-refractivity contribution is -0.116. The quantitative estimate of drug-likeness (QED) is 0.543. The zero-order valence-electron chi connectivity index (χ0n) is 19.9. The van der Waals surface area contributed by atoms with Crippen molar-refractivity contribution in [3.8, 4) is 17.2 Å². The Labute approximate surface area is 202 Å². The summed E-state index contributed by atoms with van der Waals surface area (Å²) in [7, 11) is 0. The molecule has 7 nitrogen and oxygen atoms in total. The Hall–Kier alpha value is -2.77. The van der Waals surface area contributed by atoms with E-state index in [4.69, 9.17) is 18.9 Å². The van der Waals surface area contributed by atoms with Crippen molar-refractivity contribution in [2.45, 2.75) is 51.2 Å². The zero-order chi connectivity index (χ0) is 23.3. The molecule has 1 amide bonds. The van der Waals surface area contributed by atoms with Crippen LogP contribution in [0.15, 0.2) is 36.4 Å². The van der Waals surface area contributed by atoms with Crippen LogP contribution in [0.25, 0.3) is 0 Å². The Morgan fingerprint density at radius 3 is 2.71 bits per heavy atom. The molecule has 34 heavy (non-hydrogen) atoms. The van der Waals surface area contributed by atoms with Gasteiger partial charge in [-0.15, -0.1) is 0 Å². The number of carbonyl (C=O) groups is 1. The van der Waals surface area contributed by atoms with Crippen LogP contribution in [-0.2, 0) is 16.0 Å². The van der Waals surface area contributed by atoms with Crippen LogP contribution in [0.4, 0.5) is 5.69 Å². The minimum Gasteiger partial charge on any atom is -0.494 e. The van der Waals surface area contributed by atoms with E-state index in [1.165, 1.54) is 5.56 Å². The Kier molecular flexibility index (Phi) is 7.21. The van der Waals surface area contributed by atoms with Crippen LogP contribution < -0.4 is 19.5 Å². The van der Waals surface area contributed by atoms with Gasteiger partial charge in [-0.1, -0.05) is 13.0 Å². The molecule has 1 fully saturated rings. The molecule has 0 aliphatic carbocycles. The van der Waals surface area contributed by atoms with Gasteiger partial charge in [0.2, 0.25) is 5.91 Å². The SMILES string of the molecule is CCCN1CCO[C@@H]2c3cc(OCCCCOc4ccc5c(c4)NC(=O)CC5)ccc3OC[C@H]21.[HH]. The number of benzene rings is 2. The van der Waals surface area contributed by atoms with E-state index in [0.717, 1.165) is 73.9 Å². The van der Waals surface area contributed by atoms with Crippen molar-refractivity contribution in [2.75, 3.05) is 44.8 Å². The molecule has 2 atom stereocenters. The van der Waals surface area contributed by atoms with Crippen molar-refractivity contribution in [3.63, 3.8) is 0 Å². The topological polar surface area (TPSA) is 69.3 Å². The van der Waals surface area contributed by atoms with Gasteiger partial charge in [-0.05, 0) is 62.1 Å². The highest BCUT2D eigenvalue weighted by molar-refractivity contribution is 5.94. The molecule has 0 unspecified atom stereocenters. The van der Waals surface area contributed by atoms with Crippen molar-refractivity contribution in [3.05, 3.63) is 47.5 Å². The molecule has 0 aromatic heterocycles. The molecule has 3 heterocycles. The van der Waals surface area contributed by atoms with Crippen molar-refractivity contribution in [1.29, 1.82) is 0 Å². The summed E-state index contributed by atoms with van der Waals surface area (Å²) in [6.45, 7) is 6.91. The van der Waals surface area contributed by atoms with E-state index in [-0.39, 0.29) is 19.5 Å². The number of carbonyl (C=O) groups excluding carboxylic acids is 1. The van der Waals surface area contributed by atoms with E-state index in [1.807, 2.05) is 30.3 Å². The second-order valence-corrected chi connectivity index (χ2v) is 9.18. The van der Waals surface area contributed by atoms with Gasteiger partial charge in [0.1, 0.15) is 30.0 Å². The van der Waals surface area contributed by atoms with E-state index in [2.05, 4.69) is 23.2 Å². The Balaban J connectivity index is 0.00000289. The third kappa shape index (κ3) is 5.15. The number of unbranched alkanes of at least 4 members (excludes halogenated alkanes) is 1. The first-order valence-electron chi connectivity index (χ1n) is 12.5. The Bertz CT molecular complexity index is 1020. The second-order valence-electron chi connectivity index (χ2n) is 9.18. The lowest BCUT2D eigenvalue weighted by atomic mass is 9.96. The molecule has 0 bridgehead atoms. The van der Waals surface area contributed by atoms with Gasteiger partial charge in [-0.25, -0.2) is 0 Å². The van der Waals surface area contributed by atoms with Gasteiger partial charge < -0.3 is 24.3 Å². The third-order valence-corrected chi connectivity index (χ3v) is 6.76. The Morgan fingerprint density at radius 2 is 1.88 bits per heavy atom. The lowest BCUT2D eigenvalue weighted by Gasteiger charge is -2.44. The number of morpholine rings is 1. The average Bonchev–Trinajstić information content (AvgIpc) is 2.86. The maximum Gasteiger partial charge on any atom is 0.224 e. The number of hydrogen-bond acceptors (Lipinski definition) is 6. The van der Waals surface area contributed by atoms with Crippen LogP contribution >= 0.6 is 0 Å². The average molecular weight is 469 g/mol. The van der Waals surface area contributed by atoms with Crippen LogP contribution in [0.2, 0.25) is 0 Å². The highest BCUT2D eigenvalue weighted by atomic mass is 16.5. The van der Waals surface area contributed by atoms with E-state index in [0.29, 0.717) is 26.2 Å². The largest absolute Gasteiger partial charge is 0.494 e. The number of ether oxygens (including phenoxy) is 4. The molecule has 5 rings (SSSR count). The number of anilines is 1. The number of hydrogen-bond donors (Lipinski definition) is 1. The van der Waals surface area contributed by atoms with E-state index in [9.17, 15) is 4.79 Å². The maximum absolute atomic E-state index is 11.6. The van der Waals surface area contributed by atoms with Gasteiger partial charge in [-0.3, -0.25) is 9.69 Å². The molecule has 0 saturated carbocycles. The summed E-state index contributed by atoms with van der Waals surface area (Å²) in [5, 5.41) is 2.92. The summed E-state index contributed by atoms with van der Waals surface area (Å²) >= 11 is 0. The number of aryl methyl sites for hydroxylation is 1. The van der Waals surface area contributed by atoms with Gasteiger partial charge in [0, 0.05) is 31.7 Å².